The second-order valence-corrected chi connectivity index (χ2v) is 3.55. The van der Waals surface area contributed by atoms with Crippen molar-refractivity contribution >= 4 is 6.09 Å². The highest BCUT2D eigenvalue weighted by atomic mass is 16.5. The molecule has 0 aromatic heterocycles. The molecule has 0 saturated heterocycles. The maximum absolute atomic E-state index is 10.9. The fourth-order valence-electron chi connectivity index (χ4n) is 1.70. The lowest BCUT2D eigenvalue weighted by molar-refractivity contribution is 0.170. The SMILES string of the molecule is COC(=O)NCc1ccc2c(c1)CNC2. The van der Waals surface area contributed by atoms with Crippen LogP contribution in [0.5, 0.6) is 0 Å². The van der Waals surface area contributed by atoms with E-state index in [0.717, 1.165) is 18.7 Å². The number of hydrogen-bond acceptors (Lipinski definition) is 3. The van der Waals surface area contributed by atoms with Gasteiger partial charge in [-0.1, -0.05) is 18.2 Å². The van der Waals surface area contributed by atoms with E-state index in [1.165, 1.54) is 18.2 Å². The molecule has 2 N–H and O–H groups in total. The third kappa shape index (κ3) is 2.27. The van der Waals surface area contributed by atoms with E-state index in [4.69, 9.17) is 0 Å². The zero-order valence-corrected chi connectivity index (χ0v) is 8.67. The molecular formula is C11H14N2O2. The van der Waals surface area contributed by atoms with Crippen LogP contribution in [0.25, 0.3) is 0 Å². The van der Waals surface area contributed by atoms with E-state index < -0.39 is 6.09 Å². The molecule has 1 amide bonds. The first-order chi connectivity index (χ1) is 7.29. The van der Waals surface area contributed by atoms with Gasteiger partial charge < -0.3 is 15.4 Å². The summed E-state index contributed by atoms with van der Waals surface area (Å²) in [5.74, 6) is 0. The summed E-state index contributed by atoms with van der Waals surface area (Å²) in [5, 5.41) is 5.94. The number of carbonyl (C=O) groups excluding carboxylic acids is 1. The Hall–Kier alpha value is -1.55. The Morgan fingerprint density at radius 1 is 1.47 bits per heavy atom. The fraction of sp³-hybridized carbons (Fsp3) is 0.364. The van der Waals surface area contributed by atoms with Crippen LogP contribution in [0.15, 0.2) is 18.2 Å². The van der Waals surface area contributed by atoms with Gasteiger partial charge in [0.05, 0.1) is 7.11 Å². The molecular weight excluding hydrogens is 192 g/mol. The topological polar surface area (TPSA) is 50.4 Å². The van der Waals surface area contributed by atoms with Gasteiger partial charge in [0.25, 0.3) is 0 Å². The Bertz CT molecular complexity index is 377. The third-order valence-corrected chi connectivity index (χ3v) is 2.52. The zero-order chi connectivity index (χ0) is 10.7. The van der Waals surface area contributed by atoms with Gasteiger partial charge in [-0.2, -0.15) is 0 Å². The summed E-state index contributed by atoms with van der Waals surface area (Å²) in [7, 11) is 1.36. The zero-order valence-electron chi connectivity index (χ0n) is 8.67. The van der Waals surface area contributed by atoms with Crippen molar-refractivity contribution in [2.45, 2.75) is 19.6 Å². The molecule has 1 heterocycles. The van der Waals surface area contributed by atoms with Crippen LogP contribution < -0.4 is 10.6 Å². The molecule has 0 bridgehead atoms. The molecule has 0 aliphatic carbocycles. The van der Waals surface area contributed by atoms with Crippen molar-refractivity contribution in [3.8, 4) is 0 Å². The summed E-state index contributed by atoms with van der Waals surface area (Å²) < 4.78 is 4.50. The van der Waals surface area contributed by atoms with Crippen LogP contribution in [0.1, 0.15) is 16.7 Å². The standard InChI is InChI=1S/C11H14N2O2/c1-15-11(14)13-5-8-2-3-9-6-12-7-10(9)4-8/h2-4,12H,5-7H2,1H3,(H,13,14). The van der Waals surface area contributed by atoms with Crippen molar-refractivity contribution in [2.75, 3.05) is 7.11 Å². The van der Waals surface area contributed by atoms with Crippen molar-refractivity contribution in [1.82, 2.24) is 10.6 Å². The minimum absolute atomic E-state index is 0.395. The van der Waals surface area contributed by atoms with Crippen LogP contribution in [0.3, 0.4) is 0 Å². The number of amides is 1. The fourth-order valence-corrected chi connectivity index (χ4v) is 1.70. The predicted molar refractivity (Wildman–Crippen MR) is 56.2 cm³/mol. The van der Waals surface area contributed by atoms with E-state index in [2.05, 4.69) is 27.5 Å². The Morgan fingerprint density at radius 2 is 2.27 bits per heavy atom. The number of benzene rings is 1. The molecule has 0 spiro atoms. The lowest BCUT2D eigenvalue weighted by Crippen LogP contribution is -2.22. The normalized spacial score (nSPS) is 13.4. The summed E-state index contributed by atoms with van der Waals surface area (Å²) in [6, 6.07) is 6.25. The molecule has 4 heteroatoms. The Labute approximate surface area is 88.6 Å². The van der Waals surface area contributed by atoms with Gasteiger partial charge in [0.2, 0.25) is 0 Å². The first-order valence-electron chi connectivity index (χ1n) is 4.93. The lowest BCUT2D eigenvalue weighted by atomic mass is 10.1. The number of hydrogen-bond donors (Lipinski definition) is 2. The third-order valence-electron chi connectivity index (χ3n) is 2.52. The lowest BCUT2D eigenvalue weighted by Gasteiger charge is -2.05. The number of nitrogens with one attached hydrogen (secondary N) is 2. The molecule has 4 nitrogen and oxygen atoms in total. The summed E-state index contributed by atoms with van der Waals surface area (Å²) in [6.07, 6.45) is -0.395. The summed E-state index contributed by atoms with van der Waals surface area (Å²) in [5.41, 5.74) is 3.76. The smallest absolute Gasteiger partial charge is 0.407 e. The highest BCUT2D eigenvalue weighted by Gasteiger charge is 2.10. The Morgan fingerprint density at radius 3 is 3.07 bits per heavy atom. The first-order valence-corrected chi connectivity index (χ1v) is 4.93. The van der Waals surface area contributed by atoms with E-state index in [-0.39, 0.29) is 0 Å². The summed E-state index contributed by atoms with van der Waals surface area (Å²) >= 11 is 0. The summed E-state index contributed by atoms with van der Waals surface area (Å²) in [4.78, 5) is 10.9. The minimum Gasteiger partial charge on any atom is -0.453 e. The highest BCUT2D eigenvalue weighted by molar-refractivity contribution is 5.66. The number of ether oxygens (including phenoxy) is 1. The van der Waals surface area contributed by atoms with Gasteiger partial charge in [-0.3, -0.25) is 0 Å². The number of methoxy groups -OCH3 is 1. The number of rotatable bonds is 2. The second kappa shape index (κ2) is 4.31. The van der Waals surface area contributed by atoms with E-state index in [1.54, 1.807) is 0 Å². The van der Waals surface area contributed by atoms with E-state index in [1.807, 2.05) is 6.07 Å². The van der Waals surface area contributed by atoms with Crippen LogP contribution in [0.4, 0.5) is 4.79 Å². The van der Waals surface area contributed by atoms with Gasteiger partial charge in [-0.15, -0.1) is 0 Å². The van der Waals surface area contributed by atoms with Crippen molar-refractivity contribution in [3.63, 3.8) is 0 Å². The van der Waals surface area contributed by atoms with Gasteiger partial charge in [0.1, 0.15) is 0 Å². The first kappa shape index (κ1) is 9.98. The maximum atomic E-state index is 10.9. The van der Waals surface area contributed by atoms with Crippen molar-refractivity contribution in [2.24, 2.45) is 0 Å². The molecule has 0 unspecified atom stereocenters. The molecule has 80 valence electrons. The van der Waals surface area contributed by atoms with Crippen molar-refractivity contribution in [3.05, 3.63) is 34.9 Å². The van der Waals surface area contributed by atoms with Crippen molar-refractivity contribution < 1.29 is 9.53 Å². The van der Waals surface area contributed by atoms with E-state index in [9.17, 15) is 4.79 Å². The monoisotopic (exact) mass is 206 g/mol. The molecule has 1 aromatic rings. The molecule has 0 atom stereocenters. The Balaban J connectivity index is 2.01. The molecule has 0 saturated carbocycles. The van der Waals surface area contributed by atoms with Crippen LogP contribution in [0, 0.1) is 0 Å². The van der Waals surface area contributed by atoms with Gasteiger partial charge in [0, 0.05) is 19.6 Å². The van der Waals surface area contributed by atoms with E-state index in [0.29, 0.717) is 6.54 Å². The minimum atomic E-state index is -0.395. The average Bonchev–Trinajstić information content (AvgIpc) is 2.72. The van der Waals surface area contributed by atoms with Gasteiger partial charge in [0.15, 0.2) is 0 Å². The molecule has 15 heavy (non-hydrogen) atoms. The molecule has 0 radical (unpaired) electrons. The number of carbonyl (C=O) groups is 1. The van der Waals surface area contributed by atoms with Crippen molar-refractivity contribution in [1.29, 1.82) is 0 Å². The van der Waals surface area contributed by atoms with E-state index >= 15 is 0 Å². The molecule has 1 aliphatic heterocycles. The summed E-state index contributed by atoms with van der Waals surface area (Å²) in [6.45, 7) is 2.38. The molecule has 1 aliphatic rings. The average molecular weight is 206 g/mol. The van der Waals surface area contributed by atoms with Gasteiger partial charge in [-0.05, 0) is 16.7 Å². The number of fused-ring (bicyclic) bond motifs is 1. The Kier molecular flexibility index (Phi) is 2.87. The quantitative estimate of drug-likeness (QED) is 0.763. The second-order valence-electron chi connectivity index (χ2n) is 3.55. The molecule has 2 rings (SSSR count). The van der Waals surface area contributed by atoms with Crippen LogP contribution in [-0.2, 0) is 24.4 Å². The molecule has 0 fully saturated rings. The van der Waals surface area contributed by atoms with Crippen LogP contribution in [0.2, 0.25) is 0 Å². The van der Waals surface area contributed by atoms with Gasteiger partial charge >= 0.3 is 6.09 Å². The van der Waals surface area contributed by atoms with Gasteiger partial charge in [-0.25, -0.2) is 4.79 Å². The van der Waals surface area contributed by atoms with Crippen LogP contribution >= 0.6 is 0 Å². The largest absolute Gasteiger partial charge is 0.453 e. The predicted octanol–water partition coefficient (Wildman–Crippen LogP) is 1.15. The number of alkyl carbamates (subject to hydrolysis) is 1. The molecule has 1 aromatic carbocycles. The van der Waals surface area contributed by atoms with Crippen LogP contribution in [-0.4, -0.2) is 13.2 Å². The highest BCUT2D eigenvalue weighted by Crippen LogP contribution is 2.16. The maximum Gasteiger partial charge on any atom is 0.407 e.